The van der Waals surface area contributed by atoms with Crippen molar-refractivity contribution >= 4 is 26.6 Å². The monoisotopic (exact) mass is 538 g/mol. The summed E-state index contributed by atoms with van der Waals surface area (Å²) in [5.41, 5.74) is -0.151. The Labute approximate surface area is 209 Å². The number of sulfonamides is 1. The molecule has 1 aromatic heterocycles. The number of benzene rings is 3. The molecule has 4 N–H and O–H groups in total. The molecule has 4 rings (SSSR count). The van der Waals surface area contributed by atoms with Gasteiger partial charge >= 0.3 is 6.18 Å². The molecule has 0 fully saturated rings. The van der Waals surface area contributed by atoms with Crippen molar-refractivity contribution in [2.75, 3.05) is 24.4 Å². The third kappa shape index (κ3) is 6.56. The number of fused-ring (bicyclic) bond motifs is 1. The number of ether oxygens (including phenoxy) is 1. The quantitative estimate of drug-likeness (QED) is 0.178. The first-order valence-corrected chi connectivity index (χ1v) is 12.5. The standard InChI is InChI=1S/C24H22F4N4O4S/c25-16-4-2-6-19(12-16)37(34,35)32-17-5-1-3-15(11-17)22(33)14-29-9-10-36-18-7-8-20-21(13-18)30-31-23(20)24(26,27)28/h1-8,11-13,22,29,32-33H,9-10,14H2,(H,30,31)/t22-/m0/s1. The van der Waals surface area contributed by atoms with E-state index in [1.54, 1.807) is 12.1 Å². The van der Waals surface area contributed by atoms with E-state index in [9.17, 15) is 31.1 Å². The molecular formula is C24H22F4N4O4S. The van der Waals surface area contributed by atoms with Crippen LogP contribution in [0.5, 0.6) is 5.75 Å². The second kappa shape index (κ2) is 10.7. The van der Waals surface area contributed by atoms with E-state index in [-0.39, 0.29) is 34.6 Å². The average molecular weight is 539 g/mol. The lowest BCUT2D eigenvalue weighted by atomic mass is 10.1. The van der Waals surface area contributed by atoms with E-state index in [0.717, 1.165) is 12.1 Å². The molecule has 0 radical (unpaired) electrons. The number of rotatable bonds is 10. The smallest absolute Gasteiger partial charge is 0.435 e. The van der Waals surface area contributed by atoms with Crippen LogP contribution in [0.1, 0.15) is 17.4 Å². The van der Waals surface area contributed by atoms with Crippen molar-refractivity contribution in [2.45, 2.75) is 17.2 Å². The fourth-order valence-corrected chi connectivity index (χ4v) is 4.64. The van der Waals surface area contributed by atoms with E-state index in [0.29, 0.717) is 17.9 Å². The Hall–Kier alpha value is -3.68. The number of aromatic nitrogens is 2. The summed E-state index contributed by atoms with van der Waals surface area (Å²) in [6.45, 7) is 0.613. The Morgan fingerprint density at radius 2 is 1.84 bits per heavy atom. The van der Waals surface area contributed by atoms with Crippen LogP contribution in [-0.2, 0) is 16.2 Å². The van der Waals surface area contributed by atoms with Gasteiger partial charge in [0, 0.05) is 30.2 Å². The van der Waals surface area contributed by atoms with Gasteiger partial charge in [0.1, 0.15) is 18.2 Å². The zero-order valence-corrected chi connectivity index (χ0v) is 19.9. The molecule has 0 spiro atoms. The minimum absolute atomic E-state index is 0.0541. The first kappa shape index (κ1) is 26.4. The normalized spacial score (nSPS) is 13.0. The Bertz CT molecular complexity index is 1490. The van der Waals surface area contributed by atoms with E-state index in [2.05, 4.69) is 20.2 Å². The van der Waals surface area contributed by atoms with Crippen LogP contribution in [0, 0.1) is 5.82 Å². The number of hydrogen-bond acceptors (Lipinski definition) is 6. The minimum atomic E-state index is -4.56. The summed E-state index contributed by atoms with van der Waals surface area (Å²) >= 11 is 0. The lowest BCUT2D eigenvalue weighted by molar-refractivity contribution is -0.139. The van der Waals surface area contributed by atoms with Crippen LogP contribution >= 0.6 is 0 Å². The SMILES string of the molecule is O=S(=O)(Nc1cccc([C@@H](O)CNCCOc2ccc3c(C(F)(F)F)n[nH]c3c2)c1)c1cccc(F)c1. The molecule has 1 atom stereocenters. The molecule has 0 aliphatic heterocycles. The van der Waals surface area contributed by atoms with Crippen molar-refractivity contribution in [3.05, 3.63) is 83.8 Å². The first-order valence-electron chi connectivity index (χ1n) is 11.0. The summed E-state index contributed by atoms with van der Waals surface area (Å²) in [6, 6.07) is 14.9. The molecule has 0 saturated carbocycles. The Morgan fingerprint density at radius 1 is 1.05 bits per heavy atom. The van der Waals surface area contributed by atoms with Crippen molar-refractivity contribution in [1.82, 2.24) is 15.5 Å². The number of aliphatic hydroxyl groups excluding tert-OH is 1. The van der Waals surface area contributed by atoms with E-state index in [1.807, 2.05) is 0 Å². The highest BCUT2D eigenvalue weighted by Gasteiger charge is 2.35. The molecule has 0 bridgehead atoms. The van der Waals surface area contributed by atoms with E-state index in [1.165, 1.54) is 42.5 Å². The first-order chi connectivity index (χ1) is 17.5. The fourth-order valence-electron chi connectivity index (χ4n) is 3.56. The maximum absolute atomic E-state index is 13.4. The lowest BCUT2D eigenvalue weighted by Crippen LogP contribution is -2.26. The van der Waals surface area contributed by atoms with Gasteiger partial charge in [0.2, 0.25) is 0 Å². The van der Waals surface area contributed by atoms with Crippen LogP contribution in [0.4, 0.5) is 23.2 Å². The highest BCUT2D eigenvalue weighted by atomic mass is 32.2. The highest BCUT2D eigenvalue weighted by molar-refractivity contribution is 7.92. The molecule has 0 amide bonds. The zero-order chi connectivity index (χ0) is 26.6. The molecule has 0 unspecified atom stereocenters. The summed E-state index contributed by atoms with van der Waals surface area (Å²) in [7, 11) is -4.01. The zero-order valence-electron chi connectivity index (χ0n) is 19.1. The summed E-state index contributed by atoms with van der Waals surface area (Å²) < 4.78 is 85.0. The molecule has 37 heavy (non-hydrogen) atoms. The minimum Gasteiger partial charge on any atom is -0.492 e. The third-order valence-corrected chi connectivity index (χ3v) is 6.70. The van der Waals surface area contributed by atoms with Crippen LogP contribution in [-0.4, -0.2) is 43.4 Å². The summed E-state index contributed by atoms with van der Waals surface area (Å²) in [5.74, 6) is -0.329. The van der Waals surface area contributed by atoms with Crippen molar-refractivity contribution in [2.24, 2.45) is 0 Å². The van der Waals surface area contributed by atoms with Gasteiger partial charge in [0.15, 0.2) is 5.69 Å². The average Bonchev–Trinajstić information content (AvgIpc) is 3.28. The lowest BCUT2D eigenvalue weighted by Gasteiger charge is -2.15. The largest absolute Gasteiger partial charge is 0.492 e. The van der Waals surface area contributed by atoms with Gasteiger partial charge in [-0.15, -0.1) is 0 Å². The van der Waals surface area contributed by atoms with Crippen LogP contribution in [0.25, 0.3) is 10.9 Å². The second-order valence-electron chi connectivity index (χ2n) is 8.03. The molecule has 4 aromatic rings. The number of halogens is 4. The van der Waals surface area contributed by atoms with Crippen molar-refractivity contribution in [3.8, 4) is 5.75 Å². The molecule has 1 heterocycles. The predicted molar refractivity (Wildman–Crippen MR) is 128 cm³/mol. The Kier molecular flexibility index (Phi) is 7.66. The number of anilines is 1. The van der Waals surface area contributed by atoms with Gasteiger partial charge in [-0.25, -0.2) is 12.8 Å². The second-order valence-corrected chi connectivity index (χ2v) is 9.72. The van der Waals surface area contributed by atoms with E-state index in [4.69, 9.17) is 4.74 Å². The van der Waals surface area contributed by atoms with Gasteiger partial charge in [0.25, 0.3) is 10.0 Å². The predicted octanol–water partition coefficient (Wildman–Crippen LogP) is 4.22. The van der Waals surface area contributed by atoms with Crippen LogP contribution in [0.2, 0.25) is 0 Å². The van der Waals surface area contributed by atoms with Crippen LogP contribution in [0.3, 0.4) is 0 Å². The Balaban J connectivity index is 1.27. The number of alkyl halides is 3. The van der Waals surface area contributed by atoms with Crippen molar-refractivity contribution < 1.29 is 35.8 Å². The number of aromatic amines is 1. The molecule has 0 aliphatic carbocycles. The van der Waals surface area contributed by atoms with Gasteiger partial charge in [-0.2, -0.15) is 18.3 Å². The summed E-state index contributed by atoms with van der Waals surface area (Å²) in [5, 5.41) is 19.1. The van der Waals surface area contributed by atoms with Crippen LogP contribution in [0.15, 0.2) is 71.6 Å². The number of nitrogens with one attached hydrogen (secondary N) is 3. The van der Waals surface area contributed by atoms with Gasteiger partial charge in [-0.05, 0) is 48.0 Å². The molecule has 0 saturated heterocycles. The Morgan fingerprint density at radius 3 is 2.59 bits per heavy atom. The molecular weight excluding hydrogens is 516 g/mol. The summed E-state index contributed by atoms with van der Waals surface area (Å²) in [4.78, 5) is -0.229. The topological polar surface area (TPSA) is 116 Å². The number of nitrogens with zero attached hydrogens (tertiary/aromatic N) is 1. The van der Waals surface area contributed by atoms with Crippen molar-refractivity contribution in [3.63, 3.8) is 0 Å². The number of H-pyrrole nitrogens is 1. The van der Waals surface area contributed by atoms with Gasteiger partial charge in [0.05, 0.1) is 16.5 Å². The fraction of sp³-hybridized carbons (Fsp3) is 0.208. The third-order valence-electron chi connectivity index (χ3n) is 5.32. The molecule has 3 aromatic carbocycles. The van der Waals surface area contributed by atoms with Gasteiger partial charge in [-0.3, -0.25) is 9.82 Å². The van der Waals surface area contributed by atoms with E-state index < -0.39 is 33.8 Å². The molecule has 8 nitrogen and oxygen atoms in total. The maximum Gasteiger partial charge on any atom is 0.435 e. The molecule has 13 heteroatoms. The van der Waals surface area contributed by atoms with Crippen LogP contribution < -0.4 is 14.8 Å². The van der Waals surface area contributed by atoms with Gasteiger partial charge in [-0.1, -0.05) is 18.2 Å². The van der Waals surface area contributed by atoms with E-state index >= 15 is 0 Å². The highest BCUT2D eigenvalue weighted by Crippen LogP contribution is 2.34. The maximum atomic E-state index is 13.4. The molecule has 196 valence electrons. The number of hydrogen-bond donors (Lipinski definition) is 4. The number of aliphatic hydroxyl groups is 1. The molecule has 0 aliphatic rings. The summed E-state index contributed by atoms with van der Waals surface area (Å²) in [6.07, 6.45) is -5.53. The van der Waals surface area contributed by atoms with Crippen molar-refractivity contribution in [1.29, 1.82) is 0 Å². The van der Waals surface area contributed by atoms with Gasteiger partial charge < -0.3 is 15.2 Å².